The van der Waals surface area contributed by atoms with Crippen molar-refractivity contribution in [3.63, 3.8) is 0 Å². The van der Waals surface area contributed by atoms with E-state index < -0.39 is 154 Å². The number of likely N-dealkylation sites (tertiary alicyclic amines) is 2. The van der Waals surface area contributed by atoms with E-state index in [9.17, 15) is 33.9 Å². The zero-order valence-electron chi connectivity index (χ0n) is 74.6. The van der Waals surface area contributed by atoms with Crippen LogP contribution in [0.3, 0.4) is 0 Å². The number of benzene rings is 6. The van der Waals surface area contributed by atoms with Gasteiger partial charge >= 0.3 is 18.2 Å². The van der Waals surface area contributed by atoms with Crippen molar-refractivity contribution in [1.29, 1.82) is 0 Å². The Morgan fingerprint density at radius 2 is 0.976 bits per heavy atom. The van der Waals surface area contributed by atoms with Gasteiger partial charge in [-0.3, -0.25) is 48.2 Å². The highest BCUT2D eigenvalue weighted by Gasteiger charge is 2.49. The molecular weight excluding hydrogens is 1610 g/mol. The van der Waals surface area contributed by atoms with Crippen LogP contribution in [0.15, 0.2) is 165 Å². The highest BCUT2D eigenvalue weighted by atomic mass is 16.6. The van der Waals surface area contributed by atoms with Gasteiger partial charge in [-0.05, 0) is 163 Å². The van der Waals surface area contributed by atoms with Crippen molar-refractivity contribution in [2.24, 2.45) is 16.7 Å². The third kappa shape index (κ3) is 25.6. The number of tetrazole rings is 1. The first kappa shape index (κ1) is 95.1. The monoisotopic (exact) mass is 1730 g/mol. The Balaban J connectivity index is 0.867. The average Bonchev–Trinajstić information content (AvgIpc) is 1.60. The van der Waals surface area contributed by atoms with E-state index in [0.29, 0.717) is 46.9 Å². The maximum atomic E-state index is 15.6. The van der Waals surface area contributed by atoms with Crippen molar-refractivity contribution in [3.05, 3.63) is 199 Å². The molecule has 2 aromatic heterocycles. The first-order valence-corrected chi connectivity index (χ1v) is 42.3. The smallest absolute Gasteiger partial charge is 0.410 e. The topological polar surface area (TPSA) is 415 Å². The van der Waals surface area contributed by atoms with Gasteiger partial charge in [0.05, 0.1) is 18.3 Å². The molecule has 0 spiro atoms. The number of fused-ring (bicyclic) bond motifs is 2. The van der Waals surface area contributed by atoms with Crippen molar-refractivity contribution in [2.75, 3.05) is 33.8 Å². The molecule has 2 aliphatic rings. The summed E-state index contributed by atoms with van der Waals surface area (Å²) in [4.78, 5) is 164. The van der Waals surface area contributed by atoms with E-state index in [1.165, 1.54) is 42.4 Å². The zero-order chi connectivity index (χ0) is 91.9. The number of ether oxygens (including phenoxy) is 4. The number of nitrogens with one attached hydrogen (secondary N) is 7. The number of carboxylic acid groups (broad SMARTS) is 1. The highest BCUT2D eigenvalue weighted by Crippen LogP contribution is 2.35. The number of aliphatic carboxylic acids is 1. The van der Waals surface area contributed by atoms with E-state index in [0.717, 1.165) is 36.9 Å². The van der Waals surface area contributed by atoms with Crippen molar-refractivity contribution in [2.45, 2.75) is 226 Å². The Morgan fingerprint density at radius 1 is 0.524 bits per heavy atom. The van der Waals surface area contributed by atoms with Gasteiger partial charge in [0.15, 0.2) is 5.82 Å². The van der Waals surface area contributed by atoms with E-state index in [-0.39, 0.29) is 70.0 Å². The predicted octanol–water partition coefficient (Wildman–Crippen LogP) is 9.42. The van der Waals surface area contributed by atoms with Crippen LogP contribution in [0, 0.1) is 16.7 Å². The molecule has 0 radical (unpaired) electrons. The van der Waals surface area contributed by atoms with Gasteiger partial charge in [0.25, 0.3) is 0 Å². The molecule has 33 heteroatoms. The van der Waals surface area contributed by atoms with Crippen LogP contribution in [0.2, 0.25) is 0 Å². The zero-order valence-corrected chi connectivity index (χ0v) is 74.6. The van der Waals surface area contributed by atoms with Gasteiger partial charge in [-0.2, -0.15) is 0 Å². The standard InChI is InChI=1S/C93H119N17O16/c1-19-25-61-49-74(108(51-61)85(117)76(90(5,6)7)98-79(111)55(3)106(17)88(121)125-92(11,12)13)83(115)95-72(48-60-31-37-63-27-22-24-29-65(63)44-60)82(114)97-73(87(119)120)46-58-34-40-69(41-35-58)124-54-66-52-110(105-100-66)67-50-75(109(53-67)86(118)77(91(8,9)10)99-80(112)56(4)107(18)89(122)126-93(14,15)16)84(116)96-71(47-59-30-36-62-26-21-23-28-64(62)43-59)81(113)94-70(78-101-103-104-102-78)45-57-32-38-68(39-33-57)123-42-20-2/h19-24,26-41,43-44,52,55-56,61,67,70-77H,1-2,25,42,45-51,53-54H2,3-18H3,(H,94,113)(H,95,115)(H,96,116)(H,97,114)(H,98,111)(H,99,112)(H,119,120)(H,101,102,103,104)/t55?,56?,61-,67+,70-,71?,72?,73?,74-,75-,76?,77?/m0/s1. The predicted molar refractivity (Wildman–Crippen MR) is 471 cm³/mol. The largest absolute Gasteiger partial charge is 0.490 e. The fourth-order valence-electron chi connectivity index (χ4n) is 15.0. The lowest BCUT2D eigenvalue weighted by molar-refractivity contribution is -0.145. The second kappa shape index (κ2) is 41.1. The molecule has 8 aromatic rings. The molecule has 126 heavy (non-hydrogen) atoms. The van der Waals surface area contributed by atoms with E-state index in [4.69, 9.17) is 18.9 Å². The highest BCUT2D eigenvalue weighted by molar-refractivity contribution is 5.99. The van der Waals surface area contributed by atoms with Crippen molar-refractivity contribution < 1.29 is 76.8 Å². The lowest BCUT2D eigenvalue weighted by atomic mass is 9.85. The molecule has 8 N–H and O–H groups in total. The van der Waals surface area contributed by atoms with Crippen LogP contribution in [0.4, 0.5) is 9.59 Å². The third-order valence-corrected chi connectivity index (χ3v) is 22.2. The summed E-state index contributed by atoms with van der Waals surface area (Å²) >= 11 is 0. The second-order valence-electron chi connectivity index (χ2n) is 36.6. The third-order valence-electron chi connectivity index (χ3n) is 22.2. The van der Waals surface area contributed by atoms with Crippen molar-refractivity contribution >= 4 is 87.0 Å². The summed E-state index contributed by atoms with van der Waals surface area (Å²) in [6.45, 7) is 31.5. The minimum absolute atomic E-state index is 0.0154. The number of hydrogen-bond acceptors (Lipinski definition) is 20. The summed E-state index contributed by atoms with van der Waals surface area (Å²) in [5.74, 6) is -5.79. The fourth-order valence-corrected chi connectivity index (χ4v) is 15.0. The summed E-state index contributed by atoms with van der Waals surface area (Å²) in [6, 6.07) is 27.4. The summed E-state index contributed by atoms with van der Waals surface area (Å²) in [7, 11) is 2.83. The van der Waals surface area contributed by atoms with Gasteiger partial charge in [0, 0.05) is 59.3 Å². The molecule has 10 rings (SSSR count). The molecular formula is C93H119N17O16. The lowest BCUT2D eigenvalue weighted by Crippen LogP contribution is -2.61. The molecule has 2 fully saturated rings. The van der Waals surface area contributed by atoms with Crippen LogP contribution >= 0.6 is 0 Å². The SMILES string of the molecule is C=CCOc1ccc(C[C@H](NC(=O)C(Cc2ccc3ccccc3c2)NC(=O)[C@@H]2C[C@@H](n3cc(COc4ccc(CC(NC(=O)C(Cc5ccc6ccccc6c5)NC(=O)[C@@H]5C[C@H](CC=C)CN5C(=O)C(NC(=O)C(C)N(C)C(=O)OC(C)(C)C)C(C)(C)C)C(=O)O)cc4)nn3)CN2C(=O)C(NC(=O)C(C)N(C)C(=O)OC(C)(C)C)C(C)(C)C)c2nnn[nH]2)cc1. The number of carbonyl (C=O) groups is 11. The minimum atomic E-state index is -1.53. The maximum Gasteiger partial charge on any atom is 0.410 e. The van der Waals surface area contributed by atoms with Crippen LogP contribution in [0.25, 0.3) is 21.5 Å². The number of hydrogen-bond donors (Lipinski definition) is 8. The number of aromatic amines is 1. The molecule has 0 saturated carbocycles. The molecule has 0 aliphatic carbocycles. The van der Waals surface area contributed by atoms with Gasteiger partial charge in [0.2, 0.25) is 47.3 Å². The van der Waals surface area contributed by atoms with Crippen LogP contribution in [0.5, 0.6) is 11.5 Å². The molecule has 6 aromatic carbocycles. The number of allylic oxidation sites excluding steroid dienone is 1. The Morgan fingerprint density at radius 3 is 1.44 bits per heavy atom. The molecule has 12 atom stereocenters. The quantitative estimate of drug-likeness (QED) is 0.0171. The number of likely N-dealkylation sites (N-methyl/N-ethyl adjacent to an activating group) is 2. The summed E-state index contributed by atoms with van der Waals surface area (Å²) in [6.07, 6.45) is 3.84. The number of rotatable bonds is 35. The fraction of sp³-hybridized carbons (Fsp3) is 0.462. The van der Waals surface area contributed by atoms with E-state index in [1.807, 2.05) is 97.1 Å². The van der Waals surface area contributed by atoms with Crippen LogP contribution in [0.1, 0.15) is 162 Å². The molecule has 0 bridgehead atoms. The molecule has 10 amide bonds. The second-order valence-corrected chi connectivity index (χ2v) is 36.6. The van der Waals surface area contributed by atoms with Gasteiger partial charge < -0.3 is 65.8 Å². The first-order chi connectivity index (χ1) is 59.4. The molecule has 2 aliphatic heterocycles. The number of carbonyl (C=O) groups excluding carboxylic acids is 10. The van der Waals surface area contributed by atoms with Crippen molar-refractivity contribution in [1.82, 2.24) is 87.1 Å². The summed E-state index contributed by atoms with van der Waals surface area (Å²) < 4.78 is 24.5. The average molecular weight is 1730 g/mol. The van der Waals surface area contributed by atoms with Crippen LogP contribution in [-0.4, -0.2) is 225 Å². The number of aromatic nitrogens is 7. The molecule has 33 nitrogen and oxygen atoms in total. The number of amides is 10. The summed E-state index contributed by atoms with van der Waals surface area (Å²) in [5, 5.41) is 55.4. The van der Waals surface area contributed by atoms with Gasteiger partial charge in [0.1, 0.15) is 96.0 Å². The van der Waals surface area contributed by atoms with Crippen molar-refractivity contribution in [3.8, 4) is 11.5 Å². The van der Waals surface area contributed by atoms with Gasteiger partial charge in [-0.15, -0.1) is 16.8 Å². The molecule has 4 heterocycles. The Hall–Kier alpha value is -13.1. The molecule has 7 unspecified atom stereocenters. The molecule has 672 valence electrons. The number of H-pyrrole nitrogens is 1. The van der Waals surface area contributed by atoms with E-state index in [1.54, 1.807) is 138 Å². The van der Waals surface area contributed by atoms with Gasteiger partial charge in [-0.25, -0.2) is 24.2 Å². The van der Waals surface area contributed by atoms with E-state index >= 15 is 24.0 Å². The number of carboxylic acids is 1. The Bertz CT molecular complexity index is 5220. The number of nitrogens with zero attached hydrogens (tertiary/aromatic N) is 10. The first-order valence-electron chi connectivity index (χ1n) is 42.3. The Labute approximate surface area is 734 Å². The maximum absolute atomic E-state index is 15.6. The van der Waals surface area contributed by atoms with E-state index in [2.05, 4.69) is 76.0 Å². The van der Waals surface area contributed by atoms with Gasteiger partial charge in [-0.1, -0.05) is 175 Å². The normalized spacial score (nSPS) is 17.3. The van der Waals surface area contributed by atoms with Crippen LogP contribution < -0.4 is 41.4 Å². The lowest BCUT2D eigenvalue weighted by Gasteiger charge is -2.37. The van der Waals surface area contributed by atoms with Crippen LogP contribution in [-0.2, 0) is 84.9 Å². The minimum Gasteiger partial charge on any atom is -0.490 e. The summed E-state index contributed by atoms with van der Waals surface area (Å²) in [5.41, 5.74) is -0.730. The Kier molecular flexibility index (Phi) is 31.1. The molecule has 2 saturated heterocycles.